The summed E-state index contributed by atoms with van der Waals surface area (Å²) in [6.45, 7) is 7.36. The molecule has 1 aromatic carbocycles. The van der Waals surface area contributed by atoms with Gasteiger partial charge in [-0.3, -0.25) is 4.90 Å². The molecule has 0 bridgehead atoms. The average Bonchev–Trinajstić information content (AvgIpc) is 3.10. The van der Waals surface area contributed by atoms with Gasteiger partial charge >= 0.3 is 0 Å². The first-order valence-corrected chi connectivity index (χ1v) is 11.7. The number of hydrogen-bond acceptors (Lipinski definition) is 4. The molecule has 0 amide bonds. The van der Waals surface area contributed by atoms with Crippen molar-refractivity contribution in [3.05, 3.63) is 47.8 Å². The second-order valence-corrected chi connectivity index (χ2v) is 9.60. The number of rotatable bonds is 8. The molecular weight excluding hydrogens is 358 g/mol. The van der Waals surface area contributed by atoms with Crippen LogP contribution in [0.3, 0.4) is 0 Å². The first-order chi connectivity index (χ1) is 13.0. The molecule has 0 spiro atoms. The van der Waals surface area contributed by atoms with Gasteiger partial charge in [-0.15, -0.1) is 0 Å². The van der Waals surface area contributed by atoms with Crippen LogP contribution in [-0.2, 0) is 22.9 Å². The van der Waals surface area contributed by atoms with Crippen LogP contribution in [0.15, 0.2) is 41.7 Å². The zero-order valence-corrected chi connectivity index (χ0v) is 17.3. The summed E-state index contributed by atoms with van der Waals surface area (Å²) in [5.41, 5.74) is 2.42. The van der Waals surface area contributed by atoms with Crippen molar-refractivity contribution in [2.45, 2.75) is 63.7 Å². The summed E-state index contributed by atoms with van der Waals surface area (Å²) in [6, 6.07) is 10.7. The highest BCUT2D eigenvalue weighted by atomic mass is 32.2. The summed E-state index contributed by atoms with van der Waals surface area (Å²) < 4.78 is 26.8. The molecule has 1 aromatic heterocycles. The predicted octanol–water partition coefficient (Wildman–Crippen LogP) is 3.86. The molecule has 1 aliphatic rings. The topological polar surface area (TPSA) is 55.2 Å². The van der Waals surface area contributed by atoms with Crippen LogP contribution in [0.5, 0.6) is 0 Å². The van der Waals surface area contributed by atoms with Gasteiger partial charge in [0.25, 0.3) is 0 Å². The maximum atomic E-state index is 12.4. The van der Waals surface area contributed by atoms with E-state index in [0.29, 0.717) is 5.92 Å². The van der Waals surface area contributed by atoms with E-state index in [9.17, 15) is 8.42 Å². The van der Waals surface area contributed by atoms with E-state index in [1.54, 1.807) is 13.1 Å². The fourth-order valence-electron chi connectivity index (χ4n) is 3.88. The van der Waals surface area contributed by atoms with E-state index in [0.717, 1.165) is 44.7 Å². The van der Waals surface area contributed by atoms with Gasteiger partial charge in [0.05, 0.1) is 17.6 Å². The van der Waals surface area contributed by atoms with Gasteiger partial charge in [0, 0.05) is 19.6 Å². The Balaban J connectivity index is 1.78. The number of benzene rings is 1. The highest BCUT2D eigenvalue weighted by Crippen LogP contribution is 2.28. The number of aromatic nitrogens is 2. The minimum absolute atomic E-state index is 0.0926. The van der Waals surface area contributed by atoms with Crippen molar-refractivity contribution < 1.29 is 8.42 Å². The van der Waals surface area contributed by atoms with Gasteiger partial charge in [0.15, 0.2) is 0 Å². The molecule has 1 saturated heterocycles. The number of piperidine rings is 1. The Morgan fingerprint density at radius 3 is 2.67 bits per heavy atom. The molecule has 0 N–H and O–H groups in total. The fourth-order valence-corrected chi connectivity index (χ4v) is 4.89. The van der Waals surface area contributed by atoms with Gasteiger partial charge in [-0.1, -0.05) is 50.6 Å². The molecule has 6 heteroatoms. The maximum Gasteiger partial charge on any atom is 0.227 e. The lowest BCUT2D eigenvalue weighted by molar-refractivity contribution is 0.195. The molecule has 3 rings (SSSR count). The van der Waals surface area contributed by atoms with Gasteiger partial charge in [-0.2, -0.15) is 0 Å². The zero-order valence-electron chi connectivity index (χ0n) is 16.5. The molecule has 1 aliphatic heterocycles. The molecule has 27 heavy (non-hydrogen) atoms. The number of hydrogen-bond donors (Lipinski definition) is 0. The lowest BCUT2D eigenvalue weighted by Gasteiger charge is -2.33. The lowest BCUT2D eigenvalue weighted by Crippen LogP contribution is -2.34. The molecule has 0 saturated carbocycles. The third kappa shape index (κ3) is 4.79. The molecule has 2 aromatic rings. The summed E-state index contributed by atoms with van der Waals surface area (Å²) in [5.74, 6) is 0.640. The minimum atomic E-state index is -3.30. The summed E-state index contributed by atoms with van der Waals surface area (Å²) in [7, 11) is -3.30. The number of unbranched alkanes of at least 4 members (excludes halogenated alkanes) is 1. The highest BCUT2D eigenvalue weighted by molar-refractivity contribution is 7.91. The minimum Gasteiger partial charge on any atom is -0.318 e. The van der Waals surface area contributed by atoms with Crippen LogP contribution in [0, 0.1) is 0 Å². The van der Waals surface area contributed by atoms with Crippen molar-refractivity contribution in [3.8, 4) is 0 Å². The van der Waals surface area contributed by atoms with Gasteiger partial charge in [0.1, 0.15) is 0 Å². The summed E-state index contributed by atoms with van der Waals surface area (Å²) in [4.78, 5) is 6.75. The molecule has 148 valence electrons. The fraction of sp³-hybridized carbons (Fsp3) is 0.571. The van der Waals surface area contributed by atoms with Crippen molar-refractivity contribution in [2.75, 3.05) is 18.8 Å². The monoisotopic (exact) mass is 389 g/mol. The van der Waals surface area contributed by atoms with Gasteiger partial charge in [-0.05, 0) is 37.3 Å². The molecule has 0 aliphatic carbocycles. The van der Waals surface area contributed by atoms with Crippen LogP contribution in [0.2, 0.25) is 0 Å². The Hall–Kier alpha value is -1.66. The Labute approximate surface area is 163 Å². The molecule has 0 radical (unpaired) electrons. The summed E-state index contributed by atoms with van der Waals surface area (Å²) >= 11 is 0. The normalized spacial score (nSPS) is 18.7. The second kappa shape index (κ2) is 9.02. The van der Waals surface area contributed by atoms with Crippen LogP contribution in [0.25, 0.3) is 0 Å². The largest absolute Gasteiger partial charge is 0.318 e. The molecule has 1 atom stereocenters. The van der Waals surface area contributed by atoms with E-state index in [1.807, 2.05) is 4.57 Å². The van der Waals surface area contributed by atoms with Crippen LogP contribution >= 0.6 is 0 Å². The van der Waals surface area contributed by atoms with Crippen LogP contribution in [0.1, 0.15) is 56.7 Å². The lowest BCUT2D eigenvalue weighted by atomic mass is 9.90. The van der Waals surface area contributed by atoms with E-state index in [-0.39, 0.29) is 10.9 Å². The Kier molecular flexibility index (Phi) is 6.71. The van der Waals surface area contributed by atoms with Crippen molar-refractivity contribution in [2.24, 2.45) is 0 Å². The quantitative estimate of drug-likeness (QED) is 0.688. The Bertz CT molecular complexity index is 830. The number of sulfone groups is 1. The Morgan fingerprint density at radius 1 is 1.19 bits per heavy atom. The van der Waals surface area contributed by atoms with Crippen molar-refractivity contribution in [1.29, 1.82) is 0 Å². The SMILES string of the molecule is CCCCn1c(CN2CCCC(c3ccccc3)C2)cnc1S(=O)(=O)CC. The zero-order chi connectivity index (χ0) is 19.3. The van der Waals surface area contributed by atoms with E-state index < -0.39 is 9.84 Å². The number of imidazole rings is 1. The van der Waals surface area contributed by atoms with E-state index in [1.165, 1.54) is 18.4 Å². The van der Waals surface area contributed by atoms with Crippen molar-refractivity contribution in [1.82, 2.24) is 14.5 Å². The molecule has 5 nitrogen and oxygen atoms in total. The smallest absolute Gasteiger partial charge is 0.227 e. The van der Waals surface area contributed by atoms with Crippen LogP contribution < -0.4 is 0 Å². The number of likely N-dealkylation sites (tertiary alicyclic amines) is 1. The second-order valence-electron chi connectivity index (χ2n) is 7.43. The van der Waals surface area contributed by atoms with Crippen molar-refractivity contribution in [3.63, 3.8) is 0 Å². The highest BCUT2D eigenvalue weighted by Gasteiger charge is 2.25. The summed E-state index contributed by atoms with van der Waals surface area (Å²) in [5, 5.41) is 0.241. The standard InChI is InChI=1S/C21H31N3O2S/c1-3-5-14-24-20(15-22-21(24)27(25,26)4-2)17-23-13-9-12-19(16-23)18-10-7-6-8-11-18/h6-8,10-11,15,19H,3-5,9,12-14,16-17H2,1-2H3. The van der Waals surface area contributed by atoms with Gasteiger partial charge in [-0.25, -0.2) is 13.4 Å². The molecule has 2 heterocycles. The molecule has 1 fully saturated rings. The third-order valence-corrected chi connectivity index (χ3v) is 7.10. The van der Waals surface area contributed by atoms with E-state index >= 15 is 0 Å². The Morgan fingerprint density at radius 2 is 1.96 bits per heavy atom. The molecular formula is C21H31N3O2S. The van der Waals surface area contributed by atoms with Gasteiger partial charge < -0.3 is 4.57 Å². The van der Waals surface area contributed by atoms with Crippen LogP contribution in [0.4, 0.5) is 0 Å². The van der Waals surface area contributed by atoms with Crippen molar-refractivity contribution >= 4 is 9.84 Å². The average molecular weight is 390 g/mol. The van der Waals surface area contributed by atoms with Crippen LogP contribution in [-0.4, -0.2) is 41.7 Å². The predicted molar refractivity (Wildman–Crippen MR) is 109 cm³/mol. The van der Waals surface area contributed by atoms with E-state index in [4.69, 9.17) is 0 Å². The number of nitrogens with zero attached hydrogens (tertiary/aromatic N) is 3. The van der Waals surface area contributed by atoms with E-state index in [2.05, 4.69) is 47.1 Å². The summed E-state index contributed by atoms with van der Waals surface area (Å²) in [6.07, 6.45) is 6.14. The first kappa shape index (κ1) is 20.1. The molecule has 1 unspecified atom stereocenters. The van der Waals surface area contributed by atoms with Gasteiger partial charge in [0.2, 0.25) is 15.0 Å². The maximum absolute atomic E-state index is 12.4. The third-order valence-electron chi connectivity index (χ3n) is 5.46. The first-order valence-electron chi connectivity index (χ1n) is 10.1.